The molecule has 1 rings (SSSR count). The van der Waals surface area contributed by atoms with Crippen LogP contribution in [0.3, 0.4) is 0 Å². The molecule has 1 saturated heterocycles. The van der Waals surface area contributed by atoms with Gasteiger partial charge >= 0.3 is 17.7 Å². The molecular formula is C6H8ClNO3. The molecule has 1 aliphatic rings. The van der Waals surface area contributed by atoms with Crippen LogP contribution < -0.4 is 17.3 Å². The third kappa shape index (κ3) is 1.85. The number of carbonyl (C=O) groups excluding carboxylic acids is 3. The first kappa shape index (κ1) is 10.3. The third-order valence-corrected chi connectivity index (χ3v) is 1.49. The molecule has 0 radical (unpaired) electrons. The fraction of sp³-hybridized carbons (Fsp3) is 0.500. The topological polar surface area (TPSA) is 55.6 Å². The summed E-state index contributed by atoms with van der Waals surface area (Å²) in [5, 5.41) is 0. The number of likely N-dealkylation sites (tertiary alicyclic amines) is 1. The number of hydrogen-bond acceptors (Lipinski definition) is 3. The van der Waals surface area contributed by atoms with Crippen LogP contribution in [0.4, 0.5) is 0 Å². The molecule has 0 saturated carbocycles. The van der Waals surface area contributed by atoms with Crippen LogP contribution in [0.25, 0.3) is 0 Å². The first-order chi connectivity index (χ1) is 4.63. The van der Waals surface area contributed by atoms with Gasteiger partial charge in [0.25, 0.3) is 0 Å². The number of carbonyl (C=O) groups is 3. The van der Waals surface area contributed by atoms with Crippen LogP contribution in [-0.4, -0.2) is 17.7 Å². The summed E-state index contributed by atoms with van der Waals surface area (Å²) >= 11 is 0. The summed E-state index contributed by atoms with van der Waals surface area (Å²) in [6.45, 7) is 1.25. The third-order valence-electron chi connectivity index (χ3n) is 1.49. The van der Waals surface area contributed by atoms with E-state index in [1.54, 1.807) is 0 Å². The maximum Gasteiger partial charge on any atom is 0.327 e. The van der Waals surface area contributed by atoms with Crippen LogP contribution in [0.15, 0.2) is 0 Å². The second kappa shape index (κ2) is 3.59. The molecule has 0 aromatic carbocycles. The Balaban J connectivity index is 0.000001000. The molecule has 0 aliphatic carbocycles. The minimum absolute atomic E-state index is 0. The van der Waals surface area contributed by atoms with Crippen molar-refractivity contribution in [2.75, 3.05) is 0 Å². The number of halogens is 1. The molecule has 0 atom stereocenters. The predicted octanol–water partition coefficient (Wildman–Crippen LogP) is -4.73. The van der Waals surface area contributed by atoms with Gasteiger partial charge in [-0.2, -0.15) is 0 Å². The maximum absolute atomic E-state index is 10.7. The van der Waals surface area contributed by atoms with E-state index >= 15 is 0 Å². The number of hydrogen-bond donors (Lipinski definition) is 1. The Morgan fingerprint density at radius 1 is 1.27 bits per heavy atom. The van der Waals surface area contributed by atoms with Crippen molar-refractivity contribution in [3.63, 3.8) is 0 Å². The molecule has 0 unspecified atom stereocenters. The van der Waals surface area contributed by atoms with Gasteiger partial charge in [0.1, 0.15) is 0 Å². The van der Waals surface area contributed by atoms with Gasteiger partial charge in [0.15, 0.2) is 0 Å². The van der Waals surface area contributed by atoms with E-state index in [2.05, 4.69) is 0 Å². The average Bonchev–Trinajstić information content (AvgIpc) is 2.11. The zero-order valence-corrected chi connectivity index (χ0v) is 6.77. The van der Waals surface area contributed by atoms with Gasteiger partial charge in [0.05, 0.1) is 19.8 Å². The second-order valence-corrected chi connectivity index (χ2v) is 2.28. The first-order valence-corrected chi connectivity index (χ1v) is 3.07. The molecule has 0 spiro atoms. The molecular weight excluding hydrogens is 170 g/mol. The van der Waals surface area contributed by atoms with Gasteiger partial charge < -0.3 is 12.4 Å². The minimum atomic E-state index is -0.396. The highest BCUT2D eigenvalue weighted by atomic mass is 35.5. The van der Waals surface area contributed by atoms with Crippen molar-refractivity contribution in [1.29, 1.82) is 0 Å². The van der Waals surface area contributed by atoms with Crippen LogP contribution in [0.5, 0.6) is 0 Å². The van der Waals surface area contributed by atoms with Crippen molar-refractivity contribution in [2.45, 2.75) is 19.8 Å². The van der Waals surface area contributed by atoms with E-state index in [-0.39, 0.29) is 42.0 Å². The van der Waals surface area contributed by atoms with Crippen LogP contribution in [0.1, 0.15) is 19.8 Å². The predicted molar refractivity (Wildman–Crippen MR) is 30.9 cm³/mol. The van der Waals surface area contributed by atoms with Gasteiger partial charge in [-0.15, -0.1) is 4.90 Å². The van der Waals surface area contributed by atoms with Crippen LogP contribution >= 0.6 is 0 Å². The molecule has 0 bridgehead atoms. The number of rotatable bonds is 0. The fourth-order valence-electron chi connectivity index (χ4n) is 1.03. The summed E-state index contributed by atoms with van der Waals surface area (Å²) in [6, 6.07) is 0. The van der Waals surface area contributed by atoms with Gasteiger partial charge in [-0.25, -0.2) is 14.4 Å². The normalized spacial score (nSPS) is 18.3. The fourth-order valence-corrected chi connectivity index (χ4v) is 1.03. The molecule has 0 aromatic heterocycles. The first-order valence-electron chi connectivity index (χ1n) is 3.07. The monoisotopic (exact) mass is 177 g/mol. The standard InChI is InChI=1S/C6H7NO3.ClH/c1-4(8)7-5(9)2-3-6(7)10;/h2-3H2,1H3;1H. The highest BCUT2D eigenvalue weighted by Crippen LogP contribution is 1.91. The van der Waals surface area contributed by atoms with E-state index in [1.165, 1.54) is 6.92 Å². The molecule has 62 valence electrons. The summed E-state index contributed by atoms with van der Waals surface area (Å²) in [4.78, 5) is 32.0. The zero-order chi connectivity index (χ0) is 7.72. The van der Waals surface area contributed by atoms with E-state index < -0.39 is 5.91 Å². The van der Waals surface area contributed by atoms with Crippen LogP contribution in [0.2, 0.25) is 0 Å². The lowest BCUT2D eigenvalue weighted by molar-refractivity contribution is -0.648. The molecule has 5 heteroatoms. The summed E-state index contributed by atoms with van der Waals surface area (Å²) in [7, 11) is 0. The summed E-state index contributed by atoms with van der Waals surface area (Å²) < 4.78 is 0. The van der Waals surface area contributed by atoms with Crippen molar-refractivity contribution in [3.05, 3.63) is 0 Å². The lowest BCUT2D eigenvalue weighted by Gasteiger charge is -1.98. The van der Waals surface area contributed by atoms with Crippen LogP contribution in [0, 0.1) is 0 Å². The van der Waals surface area contributed by atoms with Gasteiger partial charge in [0, 0.05) is 0 Å². The Kier molecular flexibility index (Phi) is 3.35. The quantitative estimate of drug-likeness (QED) is 0.378. The molecule has 0 aromatic rings. The SMILES string of the molecule is CC(=O)[NH+]1C(=O)CCC1=O.[Cl-]. The zero-order valence-electron chi connectivity index (χ0n) is 6.02. The van der Waals surface area contributed by atoms with Gasteiger partial charge in [-0.1, -0.05) is 0 Å². The smallest absolute Gasteiger partial charge is 0.327 e. The molecule has 1 N–H and O–H groups in total. The Morgan fingerprint density at radius 3 is 1.82 bits per heavy atom. The molecule has 1 aliphatic heterocycles. The largest absolute Gasteiger partial charge is 1.00 e. The van der Waals surface area contributed by atoms with Crippen LogP contribution in [-0.2, 0) is 14.4 Å². The molecule has 4 nitrogen and oxygen atoms in total. The molecule has 11 heavy (non-hydrogen) atoms. The lowest BCUT2D eigenvalue weighted by Crippen LogP contribution is -3.17. The van der Waals surface area contributed by atoms with Crippen molar-refractivity contribution < 1.29 is 31.7 Å². The average molecular weight is 178 g/mol. The Bertz CT molecular complexity index is 198. The van der Waals surface area contributed by atoms with Gasteiger partial charge in [0.2, 0.25) is 0 Å². The van der Waals surface area contributed by atoms with Gasteiger partial charge in [-0.05, 0) is 0 Å². The second-order valence-electron chi connectivity index (χ2n) is 2.28. The highest BCUT2D eigenvalue weighted by Gasteiger charge is 2.38. The molecule has 1 heterocycles. The molecule has 3 amide bonds. The number of quaternary nitrogens is 1. The number of nitrogens with one attached hydrogen (secondary N) is 1. The van der Waals surface area contributed by atoms with E-state index in [9.17, 15) is 14.4 Å². The lowest BCUT2D eigenvalue weighted by atomic mass is 10.4. The highest BCUT2D eigenvalue weighted by molar-refractivity contribution is 5.97. The van der Waals surface area contributed by atoms with E-state index in [4.69, 9.17) is 0 Å². The van der Waals surface area contributed by atoms with E-state index in [0.717, 1.165) is 0 Å². The van der Waals surface area contributed by atoms with Crippen molar-refractivity contribution in [2.24, 2.45) is 0 Å². The van der Waals surface area contributed by atoms with E-state index in [0.29, 0.717) is 0 Å². The summed E-state index contributed by atoms with van der Waals surface area (Å²) in [5.74, 6) is -0.984. The van der Waals surface area contributed by atoms with Crippen molar-refractivity contribution in [3.8, 4) is 0 Å². The minimum Gasteiger partial charge on any atom is -1.00 e. The van der Waals surface area contributed by atoms with Crippen molar-refractivity contribution >= 4 is 17.7 Å². The van der Waals surface area contributed by atoms with Gasteiger partial charge in [-0.3, -0.25) is 0 Å². The Morgan fingerprint density at radius 2 is 1.64 bits per heavy atom. The molecule has 1 fully saturated rings. The summed E-state index contributed by atoms with van der Waals surface area (Å²) in [6.07, 6.45) is 0.432. The Hall–Kier alpha value is -0.740. The van der Waals surface area contributed by atoms with Crippen molar-refractivity contribution in [1.82, 2.24) is 0 Å². The summed E-state index contributed by atoms with van der Waals surface area (Å²) in [5.41, 5.74) is 0. The number of amides is 3. The Labute approximate surface area is 70.0 Å². The maximum atomic E-state index is 10.7. The van der Waals surface area contributed by atoms with E-state index in [1.807, 2.05) is 0 Å². The number of imide groups is 3.